The van der Waals surface area contributed by atoms with Gasteiger partial charge in [-0.1, -0.05) is 62.3 Å². The van der Waals surface area contributed by atoms with E-state index in [0.29, 0.717) is 0 Å². The van der Waals surface area contributed by atoms with Crippen LogP contribution in [0.2, 0.25) is 0 Å². The second-order valence-electron chi connectivity index (χ2n) is 16.4. The molecule has 0 saturated carbocycles. The van der Waals surface area contributed by atoms with Crippen LogP contribution in [0.25, 0.3) is 32.3 Å². The molecule has 4 aromatic rings. The summed E-state index contributed by atoms with van der Waals surface area (Å²) in [4.78, 5) is 13.2. The number of rotatable bonds is 6. The van der Waals surface area contributed by atoms with Crippen molar-refractivity contribution in [2.75, 3.05) is 18.8 Å². The van der Waals surface area contributed by atoms with E-state index in [2.05, 4.69) is 159 Å². The fourth-order valence-corrected chi connectivity index (χ4v) is 13.4. The first-order valence-electron chi connectivity index (χ1n) is 16.9. The van der Waals surface area contributed by atoms with E-state index >= 15 is 0 Å². The highest BCUT2D eigenvalue weighted by atomic mass is 32.2. The molecule has 3 atom stereocenters. The van der Waals surface area contributed by atoms with Gasteiger partial charge in [0, 0.05) is 43.6 Å². The summed E-state index contributed by atoms with van der Waals surface area (Å²) < 4.78 is 0.332. The van der Waals surface area contributed by atoms with E-state index in [1.54, 1.807) is 0 Å². The van der Waals surface area contributed by atoms with Crippen molar-refractivity contribution in [2.45, 2.75) is 147 Å². The lowest BCUT2D eigenvalue weighted by Gasteiger charge is -2.26. The van der Waals surface area contributed by atoms with Crippen molar-refractivity contribution in [3.63, 3.8) is 0 Å². The van der Waals surface area contributed by atoms with Crippen LogP contribution < -0.4 is 0 Å². The third-order valence-electron chi connectivity index (χ3n) is 8.20. The Morgan fingerprint density at radius 2 is 0.604 bits per heavy atom. The van der Waals surface area contributed by atoms with Crippen LogP contribution in [0.3, 0.4) is 0 Å². The molecule has 0 amide bonds. The SMILES string of the molecule is CC(C)=S(C)c1cc2c(cc1SC(C)(C)C)c1cc(SC(C)(C)C)c(SC(C)(C)C)cc1c1cc(S(C)=C(C)C)c(S(C)=C(C)C)cc21. The molecule has 4 rings (SSSR count). The molecule has 0 spiro atoms. The Balaban J connectivity index is 2.41. The van der Waals surface area contributed by atoms with Crippen molar-refractivity contribution >= 4 is 114 Å². The van der Waals surface area contributed by atoms with Gasteiger partial charge in [-0.15, -0.1) is 35.3 Å². The molecular weight excluding hydrogens is 697 g/mol. The molecule has 0 N–H and O–H groups in total. The standard InChI is InChI=1S/C42H60S6/c1-25(2)46(16)37-22-31-30(21-36(37)45-42(13,14)15)28-19-34(43-40(7,8)9)35(44-41(10,11)12)20-29(28)32-23-38(47(17)26(3)4)39(24-33(31)32)48(18)27(5)6/h19-24H,1-18H3. The molecule has 0 heterocycles. The molecule has 264 valence electrons. The highest BCUT2D eigenvalue weighted by Crippen LogP contribution is 2.51. The molecule has 4 aromatic carbocycles. The van der Waals surface area contributed by atoms with Gasteiger partial charge >= 0.3 is 0 Å². The van der Waals surface area contributed by atoms with Crippen molar-refractivity contribution < 1.29 is 0 Å². The minimum Gasteiger partial charge on any atom is -0.158 e. The fourth-order valence-electron chi connectivity index (χ4n) is 5.62. The van der Waals surface area contributed by atoms with Crippen LogP contribution in [0.5, 0.6) is 0 Å². The molecule has 3 unspecified atom stereocenters. The number of thioether (sulfide) groups is 3. The lowest BCUT2D eigenvalue weighted by Crippen LogP contribution is -2.10. The zero-order valence-electron chi connectivity index (χ0n) is 32.9. The minimum absolute atomic E-state index is 0.0478. The molecule has 6 heteroatoms. The average Bonchev–Trinajstić information content (AvgIpc) is 2.93. The van der Waals surface area contributed by atoms with Gasteiger partial charge in [0.05, 0.1) is 0 Å². The lowest BCUT2D eigenvalue weighted by atomic mass is 9.94. The Morgan fingerprint density at radius 3 is 0.896 bits per heavy atom. The number of benzene rings is 4. The van der Waals surface area contributed by atoms with E-state index in [9.17, 15) is 0 Å². The first-order chi connectivity index (χ1) is 21.9. The summed E-state index contributed by atoms with van der Waals surface area (Å²) in [5.41, 5.74) is 0. The van der Waals surface area contributed by atoms with Gasteiger partial charge < -0.3 is 0 Å². The first-order valence-corrected chi connectivity index (χ1v) is 24.2. The second-order valence-corrected chi connectivity index (χ2v) is 28.9. The molecule has 0 aliphatic rings. The normalized spacial score (nSPS) is 14.9. The molecule has 0 aliphatic heterocycles. The Kier molecular flexibility index (Phi) is 12.4. The average molecular weight is 757 g/mol. The number of hydrogen-bond acceptors (Lipinski definition) is 3. The van der Waals surface area contributed by atoms with Crippen LogP contribution in [-0.2, 0) is 0 Å². The zero-order valence-corrected chi connectivity index (χ0v) is 37.8. The van der Waals surface area contributed by atoms with Crippen molar-refractivity contribution in [3.05, 3.63) is 36.4 Å². The van der Waals surface area contributed by atoms with E-state index in [0.717, 1.165) is 0 Å². The van der Waals surface area contributed by atoms with E-state index in [4.69, 9.17) is 0 Å². The van der Waals surface area contributed by atoms with E-state index < -0.39 is 0 Å². The van der Waals surface area contributed by atoms with Gasteiger partial charge in [-0.25, -0.2) is 0 Å². The predicted molar refractivity (Wildman–Crippen MR) is 240 cm³/mol. The molecule has 0 nitrogen and oxygen atoms in total. The second kappa shape index (κ2) is 14.8. The molecule has 0 aromatic heterocycles. The van der Waals surface area contributed by atoms with E-state index in [1.807, 2.05) is 35.3 Å². The van der Waals surface area contributed by atoms with Crippen molar-refractivity contribution in [3.8, 4) is 0 Å². The van der Waals surface area contributed by atoms with Crippen LogP contribution in [0.4, 0.5) is 0 Å². The van der Waals surface area contributed by atoms with Gasteiger partial charge in [-0.2, -0.15) is 31.5 Å². The van der Waals surface area contributed by atoms with Crippen LogP contribution in [0.1, 0.15) is 104 Å². The largest absolute Gasteiger partial charge is 0.158 e. The molecule has 0 radical (unpaired) electrons. The predicted octanol–water partition coefficient (Wildman–Crippen LogP) is 15.2. The van der Waals surface area contributed by atoms with Gasteiger partial charge in [-0.05, 0) is 144 Å². The summed E-state index contributed by atoms with van der Waals surface area (Å²) in [5, 5.41) is 8.38. The van der Waals surface area contributed by atoms with Gasteiger partial charge in [0.25, 0.3) is 0 Å². The highest BCUT2D eigenvalue weighted by molar-refractivity contribution is 8.18. The molecule has 48 heavy (non-hydrogen) atoms. The van der Waals surface area contributed by atoms with Crippen molar-refractivity contribution in [1.29, 1.82) is 0 Å². The van der Waals surface area contributed by atoms with Crippen LogP contribution >= 0.6 is 66.7 Å². The topological polar surface area (TPSA) is 0 Å². The van der Waals surface area contributed by atoms with Gasteiger partial charge in [-0.3, -0.25) is 0 Å². The maximum atomic E-state index is 2.61. The number of hydrogen-bond donors (Lipinski definition) is 0. The lowest BCUT2D eigenvalue weighted by molar-refractivity contribution is 0.795. The summed E-state index contributed by atoms with van der Waals surface area (Å²) in [7, 11) is 0.163. The van der Waals surface area contributed by atoms with Crippen LogP contribution in [-0.4, -0.2) is 47.6 Å². The van der Waals surface area contributed by atoms with Crippen LogP contribution in [0, 0.1) is 0 Å². The fraction of sp³-hybridized carbons (Fsp3) is 0.500. The first kappa shape index (κ1) is 40.1. The van der Waals surface area contributed by atoms with Crippen molar-refractivity contribution in [2.24, 2.45) is 0 Å². The molecule has 0 aliphatic carbocycles. The maximum Gasteiger partial charge on any atom is 0.0220 e. The molecule has 0 fully saturated rings. The monoisotopic (exact) mass is 756 g/mol. The van der Waals surface area contributed by atoms with Gasteiger partial charge in [0.2, 0.25) is 0 Å². The smallest absolute Gasteiger partial charge is 0.0220 e. The Hall–Kier alpha value is -0.630. The third kappa shape index (κ3) is 9.23. The number of fused-ring (bicyclic) bond motifs is 6. The van der Waals surface area contributed by atoms with Crippen LogP contribution in [0.15, 0.2) is 65.8 Å². The summed E-state index contributed by atoms with van der Waals surface area (Å²) in [6.45, 7) is 35.0. The Bertz CT molecular complexity index is 1990. The molecule has 0 bridgehead atoms. The highest BCUT2D eigenvalue weighted by Gasteiger charge is 2.24. The summed E-state index contributed by atoms with van der Waals surface area (Å²) in [6, 6.07) is 15.5. The minimum atomic E-state index is 0.0478. The van der Waals surface area contributed by atoms with Gasteiger partial charge in [0.1, 0.15) is 0 Å². The van der Waals surface area contributed by atoms with Crippen molar-refractivity contribution in [1.82, 2.24) is 0 Å². The zero-order chi connectivity index (χ0) is 36.3. The van der Waals surface area contributed by atoms with Gasteiger partial charge in [0.15, 0.2) is 0 Å². The van der Waals surface area contributed by atoms with E-state index in [-0.39, 0.29) is 45.7 Å². The molecule has 0 saturated heterocycles. The maximum absolute atomic E-state index is 2.61. The summed E-state index contributed by atoms with van der Waals surface area (Å²) >= 11 is 6.06. The third-order valence-corrected chi connectivity index (χ3v) is 18.8. The summed E-state index contributed by atoms with van der Waals surface area (Å²) in [6.07, 6.45) is 7.29. The molecular formula is C42H60S6. The van der Waals surface area contributed by atoms with E-state index in [1.165, 1.54) is 76.3 Å². The Labute approximate surface area is 313 Å². The quantitative estimate of drug-likeness (QED) is 0.109. The Morgan fingerprint density at radius 1 is 0.375 bits per heavy atom. The summed E-state index contributed by atoms with van der Waals surface area (Å²) in [5.74, 6) is 0.